The van der Waals surface area contributed by atoms with E-state index in [4.69, 9.17) is 9.47 Å². The van der Waals surface area contributed by atoms with Crippen molar-refractivity contribution < 1.29 is 19.4 Å². The lowest BCUT2D eigenvalue weighted by molar-refractivity contribution is -0.154. The summed E-state index contributed by atoms with van der Waals surface area (Å²) in [7, 11) is 0. The van der Waals surface area contributed by atoms with E-state index in [9.17, 15) is 9.90 Å². The summed E-state index contributed by atoms with van der Waals surface area (Å²) in [6, 6.07) is 0. The largest absolute Gasteiger partial charge is 0.457 e. The number of aliphatic hydroxyl groups is 1. The molecule has 0 radical (unpaired) electrons. The first-order valence-electron chi connectivity index (χ1n) is 24.9. The predicted molar refractivity (Wildman–Crippen MR) is 242 cm³/mol. The van der Waals surface area contributed by atoms with Gasteiger partial charge in [0.2, 0.25) is 0 Å². The molecule has 0 aliphatic rings. The summed E-state index contributed by atoms with van der Waals surface area (Å²) in [4.78, 5) is 12.2. The van der Waals surface area contributed by atoms with Gasteiger partial charge in [-0.2, -0.15) is 0 Å². The van der Waals surface area contributed by atoms with Gasteiger partial charge in [0.05, 0.1) is 13.2 Å². The molecule has 1 unspecified atom stereocenters. The lowest BCUT2D eigenvalue weighted by atomic mass is 10.0. The first-order chi connectivity index (χ1) is 27.2. The first kappa shape index (κ1) is 53.9. The maximum Gasteiger partial charge on any atom is 0.306 e. The van der Waals surface area contributed by atoms with Crippen LogP contribution in [0.4, 0.5) is 0 Å². The van der Waals surface area contributed by atoms with Gasteiger partial charge in [-0.05, 0) is 44.9 Å². The van der Waals surface area contributed by atoms with Crippen LogP contribution < -0.4 is 0 Å². The van der Waals surface area contributed by atoms with Crippen LogP contribution in [0, 0.1) is 0 Å². The third-order valence-corrected chi connectivity index (χ3v) is 11.3. The van der Waals surface area contributed by atoms with Gasteiger partial charge < -0.3 is 14.6 Å². The van der Waals surface area contributed by atoms with E-state index >= 15 is 0 Å². The minimum Gasteiger partial charge on any atom is -0.457 e. The van der Waals surface area contributed by atoms with E-state index in [1.54, 1.807) is 0 Å². The minimum atomic E-state index is -0.533. The number of rotatable bonds is 47. The fraction of sp³-hybridized carbons (Fsp3) is 0.902. The van der Waals surface area contributed by atoms with E-state index < -0.39 is 6.10 Å². The van der Waals surface area contributed by atoms with E-state index in [0.717, 1.165) is 25.7 Å². The van der Waals surface area contributed by atoms with Crippen molar-refractivity contribution in [3.05, 3.63) is 24.3 Å². The van der Waals surface area contributed by atoms with Crippen LogP contribution in [0.25, 0.3) is 0 Å². The maximum atomic E-state index is 12.2. The summed E-state index contributed by atoms with van der Waals surface area (Å²) in [6.07, 6.45) is 61.2. The zero-order valence-electron chi connectivity index (χ0n) is 37.5. The van der Waals surface area contributed by atoms with Crippen molar-refractivity contribution in [3.8, 4) is 0 Å². The molecule has 0 aromatic rings. The zero-order chi connectivity index (χ0) is 39.8. The van der Waals surface area contributed by atoms with Crippen LogP contribution in [0.2, 0.25) is 0 Å². The summed E-state index contributed by atoms with van der Waals surface area (Å²) < 4.78 is 11.2. The number of allylic oxidation sites excluding steroid dienone is 4. The highest BCUT2D eigenvalue weighted by Crippen LogP contribution is 2.16. The van der Waals surface area contributed by atoms with E-state index in [2.05, 4.69) is 38.2 Å². The van der Waals surface area contributed by atoms with Crippen molar-refractivity contribution in [2.45, 2.75) is 277 Å². The van der Waals surface area contributed by atoms with E-state index in [1.165, 1.54) is 225 Å². The fourth-order valence-electron chi connectivity index (χ4n) is 7.54. The molecule has 0 aliphatic heterocycles. The number of ether oxygens (including phenoxy) is 2. The van der Waals surface area contributed by atoms with Crippen LogP contribution >= 0.6 is 0 Å². The molecule has 0 bridgehead atoms. The SMILES string of the molecule is CCCCC/C=C\C/C=C\CCCCCCCCCCCC(=O)OC(CO)COCCCCCCCCCCCCCCCCCCCCCCCCCC. The maximum absolute atomic E-state index is 12.2. The Balaban J connectivity index is 3.36. The number of unbranched alkanes of at least 4 members (excludes halogenated alkanes) is 35. The molecule has 0 saturated carbocycles. The molecule has 4 nitrogen and oxygen atoms in total. The molecule has 0 spiro atoms. The van der Waals surface area contributed by atoms with Crippen LogP contribution in [0.15, 0.2) is 24.3 Å². The summed E-state index contributed by atoms with van der Waals surface area (Å²) in [5.74, 6) is -0.200. The molecule has 1 N–H and O–H groups in total. The standard InChI is InChI=1S/C51H98O4/c1-3-5-7-9-11-13-15-17-19-21-23-24-25-26-27-29-31-33-35-37-39-41-43-45-47-54-49-50(48-52)55-51(53)46-44-42-40-38-36-34-32-30-28-22-20-18-16-14-12-10-8-6-4-2/h12,14,18,20,50,52H,3-11,13,15-17,19,21-49H2,1-2H3/b14-12-,20-18-. The van der Waals surface area contributed by atoms with Gasteiger partial charge in [-0.3, -0.25) is 4.79 Å². The Labute approximate surface area is 345 Å². The lowest BCUT2D eigenvalue weighted by Crippen LogP contribution is -2.27. The molecule has 0 aliphatic carbocycles. The smallest absolute Gasteiger partial charge is 0.306 e. The van der Waals surface area contributed by atoms with Crippen LogP contribution in [-0.4, -0.2) is 37.0 Å². The van der Waals surface area contributed by atoms with E-state index in [0.29, 0.717) is 19.6 Å². The Bertz CT molecular complexity index is 777. The average Bonchev–Trinajstić information content (AvgIpc) is 3.19. The number of hydrogen-bond acceptors (Lipinski definition) is 4. The second-order valence-corrected chi connectivity index (χ2v) is 16.9. The van der Waals surface area contributed by atoms with Crippen molar-refractivity contribution in [2.24, 2.45) is 0 Å². The van der Waals surface area contributed by atoms with Crippen molar-refractivity contribution >= 4 is 5.97 Å². The molecule has 0 fully saturated rings. The molecule has 4 heteroatoms. The second kappa shape index (κ2) is 49.0. The van der Waals surface area contributed by atoms with Crippen molar-refractivity contribution in [1.82, 2.24) is 0 Å². The summed E-state index contributed by atoms with van der Waals surface area (Å²) in [5.41, 5.74) is 0. The summed E-state index contributed by atoms with van der Waals surface area (Å²) in [5, 5.41) is 9.64. The van der Waals surface area contributed by atoms with Crippen LogP contribution in [0.3, 0.4) is 0 Å². The highest BCUT2D eigenvalue weighted by atomic mass is 16.6. The number of carbonyl (C=O) groups is 1. The van der Waals surface area contributed by atoms with Gasteiger partial charge >= 0.3 is 5.97 Å². The van der Waals surface area contributed by atoms with Crippen molar-refractivity contribution in [1.29, 1.82) is 0 Å². The predicted octanol–water partition coefficient (Wildman–Crippen LogP) is 16.7. The van der Waals surface area contributed by atoms with Gasteiger partial charge in [0.25, 0.3) is 0 Å². The Morgan fingerprint density at radius 3 is 1.16 bits per heavy atom. The molecule has 55 heavy (non-hydrogen) atoms. The van der Waals surface area contributed by atoms with E-state index in [1.807, 2.05) is 0 Å². The van der Waals surface area contributed by atoms with Gasteiger partial charge in [0, 0.05) is 13.0 Å². The molecule has 0 rings (SSSR count). The molecular formula is C51H98O4. The number of carbonyl (C=O) groups excluding carboxylic acids is 1. The third kappa shape index (κ3) is 47.1. The van der Waals surface area contributed by atoms with Crippen LogP contribution in [0.5, 0.6) is 0 Å². The van der Waals surface area contributed by atoms with Gasteiger partial charge in [-0.25, -0.2) is 0 Å². The number of hydrogen-bond donors (Lipinski definition) is 1. The van der Waals surface area contributed by atoms with E-state index in [-0.39, 0.29) is 12.6 Å². The first-order valence-corrected chi connectivity index (χ1v) is 24.9. The molecule has 326 valence electrons. The molecular weight excluding hydrogens is 677 g/mol. The van der Waals surface area contributed by atoms with Crippen molar-refractivity contribution in [2.75, 3.05) is 19.8 Å². The molecule has 0 aromatic heterocycles. The summed E-state index contributed by atoms with van der Waals surface area (Å²) in [6.45, 7) is 5.37. The molecule has 0 heterocycles. The normalized spacial score (nSPS) is 12.4. The van der Waals surface area contributed by atoms with Gasteiger partial charge in [0.15, 0.2) is 0 Å². The number of esters is 1. The molecule has 0 amide bonds. The zero-order valence-corrected chi connectivity index (χ0v) is 37.5. The Hall–Kier alpha value is -1.13. The molecule has 0 aromatic carbocycles. The second-order valence-electron chi connectivity index (χ2n) is 16.9. The highest BCUT2D eigenvalue weighted by Gasteiger charge is 2.13. The highest BCUT2D eigenvalue weighted by molar-refractivity contribution is 5.69. The van der Waals surface area contributed by atoms with Crippen LogP contribution in [-0.2, 0) is 14.3 Å². The number of aliphatic hydroxyl groups excluding tert-OH is 1. The lowest BCUT2D eigenvalue weighted by Gasteiger charge is -2.16. The van der Waals surface area contributed by atoms with Gasteiger partial charge in [0.1, 0.15) is 6.10 Å². The van der Waals surface area contributed by atoms with Crippen molar-refractivity contribution in [3.63, 3.8) is 0 Å². The topological polar surface area (TPSA) is 55.8 Å². The third-order valence-electron chi connectivity index (χ3n) is 11.3. The summed E-state index contributed by atoms with van der Waals surface area (Å²) >= 11 is 0. The quantitative estimate of drug-likeness (QED) is 0.0380. The average molecular weight is 775 g/mol. The van der Waals surface area contributed by atoms with Crippen LogP contribution in [0.1, 0.15) is 271 Å². The minimum absolute atomic E-state index is 0.169. The van der Waals surface area contributed by atoms with Gasteiger partial charge in [-0.15, -0.1) is 0 Å². The molecule has 0 saturated heterocycles. The Morgan fingerprint density at radius 1 is 0.436 bits per heavy atom. The fourth-order valence-corrected chi connectivity index (χ4v) is 7.54. The monoisotopic (exact) mass is 775 g/mol. The van der Waals surface area contributed by atoms with Gasteiger partial charge in [-0.1, -0.05) is 244 Å². The Kier molecular flexibility index (Phi) is 48.0. The molecule has 1 atom stereocenters. The Morgan fingerprint density at radius 2 is 0.764 bits per heavy atom.